The van der Waals surface area contributed by atoms with Crippen molar-refractivity contribution in [2.75, 3.05) is 26.2 Å². The van der Waals surface area contributed by atoms with Crippen molar-refractivity contribution in [2.24, 2.45) is 0 Å². The predicted octanol–water partition coefficient (Wildman–Crippen LogP) is 2.67. The maximum Gasteiger partial charge on any atom is 0.254 e. The summed E-state index contributed by atoms with van der Waals surface area (Å²) in [5, 5.41) is 19.7. The van der Waals surface area contributed by atoms with Gasteiger partial charge >= 0.3 is 0 Å². The highest BCUT2D eigenvalue weighted by Crippen LogP contribution is 2.22. The highest BCUT2D eigenvalue weighted by atomic mass is 35.5. The Labute approximate surface area is 162 Å². The molecule has 6 nitrogen and oxygen atoms in total. The molecule has 1 aliphatic rings. The molecule has 0 aliphatic carbocycles. The molecule has 0 bridgehead atoms. The van der Waals surface area contributed by atoms with Gasteiger partial charge in [-0.3, -0.25) is 9.59 Å². The Bertz CT molecular complexity index is 810. The number of benzene rings is 2. The third kappa shape index (κ3) is 4.92. The minimum absolute atomic E-state index is 0.0621. The summed E-state index contributed by atoms with van der Waals surface area (Å²) in [4.78, 5) is 28.3. The van der Waals surface area contributed by atoms with E-state index < -0.39 is 0 Å². The van der Waals surface area contributed by atoms with E-state index in [0.29, 0.717) is 44.0 Å². The van der Waals surface area contributed by atoms with Crippen LogP contribution in [-0.2, 0) is 11.2 Å². The number of piperazine rings is 1. The van der Waals surface area contributed by atoms with Crippen LogP contribution in [0.1, 0.15) is 22.3 Å². The van der Waals surface area contributed by atoms with Crippen LogP contribution in [0.4, 0.5) is 0 Å². The Kier molecular flexibility index (Phi) is 5.86. The lowest BCUT2D eigenvalue weighted by Gasteiger charge is -2.35. The van der Waals surface area contributed by atoms with Crippen LogP contribution in [0.15, 0.2) is 42.5 Å². The van der Waals surface area contributed by atoms with Crippen molar-refractivity contribution in [3.8, 4) is 11.5 Å². The van der Waals surface area contributed by atoms with Crippen LogP contribution in [0.2, 0.25) is 5.02 Å². The van der Waals surface area contributed by atoms with Gasteiger partial charge in [0.25, 0.3) is 5.91 Å². The molecule has 1 aliphatic heterocycles. The van der Waals surface area contributed by atoms with Gasteiger partial charge in [0.15, 0.2) is 0 Å². The maximum atomic E-state index is 12.5. The van der Waals surface area contributed by atoms with Crippen molar-refractivity contribution in [1.82, 2.24) is 9.80 Å². The minimum atomic E-state index is -0.269. The molecule has 0 spiro atoms. The lowest BCUT2D eigenvalue weighted by molar-refractivity contribution is -0.132. The van der Waals surface area contributed by atoms with Crippen molar-refractivity contribution in [2.45, 2.75) is 12.8 Å². The van der Waals surface area contributed by atoms with Crippen LogP contribution in [0.25, 0.3) is 0 Å². The summed E-state index contributed by atoms with van der Waals surface area (Å²) in [6.45, 7) is 1.77. The van der Waals surface area contributed by atoms with Crippen molar-refractivity contribution in [3.63, 3.8) is 0 Å². The molecule has 1 saturated heterocycles. The minimum Gasteiger partial charge on any atom is -0.508 e. The number of phenols is 2. The van der Waals surface area contributed by atoms with Gasteiger partial charge in [-0.15, -0.1) is 0 Å². The molecule has 7 heteroatoms. The fourth-order valence-corrected chi connectivity index (χ4v) is 3.25. The van der Waals surface area contributed by atoms with Crippen LogP contribution >= 0.6 is 11.6 Å². The zero-order valence-electron chi connectivity index (χ0n) is 14.8. The average Bonchev–Trinajstić information content (AvgIpc) is 2.66. The maximum absolute atomic E-state index is 12.5. The van der Waals surface area contributed by atoms with Gasteiger partial charge in [0.05, 0.1) is 0 Å². The fourth-order valence-electron chi connectivity index (χ4n) is 3.12. The molecule has 0 atom stereocenters. The summed E-state index contributed by atoms with van der Waals surface area (Å²) in [7, 11) is 0. The molecule has 3 rings (SSSR count). The Morgan fingerprint density at radius 1 is 0.889 bits per heavy atom. The van der Waals surface area contributed by atoms with E-state index in [1.807, 2.05) is 24.3 Å². The van der Waals surface area contributed by atoms with Crippen molar-refractivity contribution in [3.05, 3.63) is 58.6 Å². The molecule has 0 radical (unpaired) electrons. The zero-order chi connectivity index (χ0) is 19.4. The summed E-state index contributed by atoms with van der Waals surface area (Å²) in [6, 6.07) is 11.3. The SMILES string of the molecule is O=C(CCc1ccc(Cl)cc1)N1CCN(C(=O)c2cc(O)cc(O)c2)CC1. The Balaban J connectivity index is 1.51. The molecule has 2 N–H and O–H groups in total. The van der Waals surface area contributed by atoms with Gasteiger partial charge in [-0.25, -0.2) is 0 Å². The molecule has 142 valence electrons. The number of aromatic hydroxyl groups is 2. The smallest absolute Gasteiger partial charge is 0.254 e. The summed E-state index contributed by atoms with van der Waals surface area (Å²) < 4.78 is 0. The Hall–Kier alpha value is -2.73. The molecule has 0 unspecified atom stereocenters. The second-order valence-electron chi connectivity index (χ2n) is 6.54. The number of nitrogens with zero attached hydrogens (tertiary/aromatic N) is 2. The van der Waals surface area contributed by atoms with Gasteiger partial charge in [-0.2, -0.15) is 0 Å². The van der Waals surface area contributed by atoms with E-state index in [4.69, 9.17) is 11.6 Å². The summed E-state index contributed by atoms with van der Waals surface area (Å²) in [6.07, 6.45) is 1.06. The third-order valence-corrected chi connectivity index (χ3v) is 4.86. The van der Waals surface area contributed by atoms with E-state index in [0.717, 1.165) is 5.56 Å². The number of halogens is 1. The molecule has 1 fully saturated rings. The number of aryl methyl sites for hydroxylation is 1. The van der Waals surface area contributed by atoms with Gasteiger partial charge < -0.3 is 20.0 Å². The predicted molar refractivity (Wildman–Crippen MR) is 102 cm³/mol. The van der Waals surface area contributed by atoms with E-state index >= 15 is 0 Å². The van der Waals surface area contributed by atoms with Crippen LogP contribution < -0.4 is 0 Å². The monoisotopic (exact) mass is 388 g/mol. The zero-order valence-corrected chi connectivity index (χ0v) is 15.5. The van der Waals surface area contributed by atoms with Crippen LogP contribution in [-0.4, -0.2) is 58.0 Å². The Morgan fingerprint density at radius 2 is 1.44 bits per heavy atom. The topological polar surface area (TPSA) is 81.1 Å². The second-order valence-corrected chi connectivity index (χ2v) is 6.97. The first-order chi connectivity index (χ1) is 12.9. The lowest BCUT2D eigenvalue weighted by atomic mass is 10.1. The third-order valence-electron chi connectivity index (χ3n) is 4.61. The first-order valence-electron chi connectivity index (χ1n) is 8.77. The van der Waals surface area contributed by atoms with E-state index in [-0.39, 0.29) is 28.9 Å². The number of rotatable bonds is 4. The number of phenolic OH excluding ortho intramolecular Hbond substituents is 2. The summed E-state index contributed by atoms with van der Waals surface area (Å²) in [5.74, 6) is -0.523. The van der Waals surface area contributed by atoms with Gasteiger partial charge in [-0.05, 0) is 36.2 Å². The number of amides is 2. The van der Waals surface area contributed by atoms with Crippen molar-refractivity contribution >= 4 is 23.4 Å². The number of carbonyl (C=O) groups excluding carboxylic acids is 2. The van der Waals surface area contributed by atoms with Gasteiger partial charge in [0.1, 0.15) is 11.5 Å². The van der Waals surface area contributed by atoms with E-state index in [2.05, 4.69) is 0 Å². The molecule has 0 aromatic heterocycles. The second kappa shape index (κ2) is 8.31. The largest absolute Gasteiger partial charge is 0.508 e. The van der Waals surface area contributed by atoms with Gasteiger partial charge in [0.2, 0.25) is 5.91 Å². The highest BCUT2D eigenvalue weighted by molar-refractivity contribution is 6.30. The first kappa shape index (κ1) is 19.0. The van der Waals surface area contributed by atoms with E-state index in [9.17, 15) is 19.8 Å². The molecular formula is C20H21ClN2O4. The van der Waals surface area contributed by atoms with Gasteiger partial charge in [0, 0.05) is 49.3 Å². The fraction of sp³-hybridized carbons (Fsp3) is 0.300. The Morgan fingerprint density at radius 3 is 2.04 bits per heavy atom. The number of carbonyl (C=O) groups is 2. The van der Waals surface area contributed by atoms with E-state index in [1.54, 1.807) is 9.80 Å². The molecule has 2 amide bonds. The van der Waals surface area contributed by atoms with Gasteiger partial charge in [-0.1, -0.05) is 23.7 Å². The van der Waals surface area contributed by atoms with Crippen LogP contribution in [0.5, 0.6) is 11.5 Å². The quantitative estimate of drug-likeness (QED) is 0.843. The van der Waals surface area contributed by atoms with Crippen molar-refractivity contribution in [1.29, 1.82) is 0 Å². The molecule has 2 aromatic carbocycles. The molecule has 1 heterocycles. The lowest BCUT2D eigenvalue weighted by Crippen LogP contribution is -2.50. The van der Waals surface area contributed by atoms with Crippen LogP contribution in [0.3, 0.4) is 0 Å². The molecule has 2 aromatic rings. The number of hydrogen-bond donors (Lipinski definition) is 2. The summed E-state index contributed by atoms with van der Waals surface area (Å²) in [5.41, 5.74) is 1.29. The van der Waals surface area contributed by atoms with Crippen LogP contribution in [0, 0.1) is 0 Å². The highest BCUT2D eigenvalue weighted by Gasteiger charge is 2.25. The average molecular weight is 389 g/mol. The summed E-state index contributed by atoms with van der Waals surface area (Å²) >= 11 is 5.86. The molecule has 27 heavy (non-hydrogen) atoms. The first-order valence-corrected chi connectivity index (χ1v) is 9.15. The normalized spacial score (nSPS) is 14.3. The number of hydrogen-bond acceptors (Lipinski definition) is 4. The molecular weight excluding hydrogens is 368 g/mol. The molecule has 0 saturated carbocycles. The van der Waals surface area contributed by atoms with E-state index in [1.165, 1.54) is 18.2 Å². The van der Waals surface area contributed by atoms with Crippen molar-refractivity contribution < 1.29 is 19.8 Å². The standard InChI is InChI=1S/C20H21ClN2O4/c21-16-4-1-14(2-5-16)3-6-19(26)22-7-9-23(10-8-22)20(27)15-11-17(24)13-18(25)12-15/h1-2,4-5,11-13,24-25H,3,6-10H2.